The third kappa shape index (κ3) is 3.07. The number of carboxylic acids is 1. The van der Waals surface area contributed by atoms with Gasteiger partial charge in [-0.1, -0.05) is 24.3 Å². The molecule has 1 aromatic rings. The van der Waals surface area contributed by atoms with Gasteiger partial charge in [-0.3, -0.25) is 4.79 Å². The Morgan fingerprint density at radius 2 is 2.20 bits per heavy atom. The number of rotatable bonds is 5. The SMILES string of the molecule is C/C=C/CC(NC(=O)c1cccc2c1CCC2)C(=O)O. The molecule has 106 valence electrons. The first-order chi connectivity index (χ1) is 9.63. The zero-order valence-electron chi connectivity index (χ0n) is 11.6. The van der Waals surface area contributed by atoms with Crippen LogP contribution in [0.25, 0.3) is 0 Å². The number of carbonyl (C=O) groups is 2. The maximum atomic E-state index is 12.3. The first-order valence-electron chi connectivity index (χ1n) is 6.89. The molecule has 1 aromatic carbocycles. The molecule has 1 amide bonds. The van der Waals surface area contributed by atoms with Gasteiger partial charge in [-0.2, -0.15) is 0 Å². The summed E-state index contributed by atoms with van der Waals surface area (Å²) in [6, 6.07) is 4.79. The fraction of sp³-hybridized carbons (Fsp3) is 0.375. The van der Waals surface area contributed by atoms with E-state index in [1.165, 1.54) is 5.56 Å². The van der Waals surface area contributed by atoms with E-state index in [1.807, 2.05) is 19.1 Å². The fourth-order valence-corrected chi connectivity index (χ4v) is 2.56. The van der Waals surface area contributed by atoms with Gasteiger partial charge in [0.25, 0.3) is 5.91 Å². The quantitative estimate of drug-likeness (QED) is 0.809. The number of benzene rings is 1. The molecule has 0 aliphatic heterocycles. The van der Waals surface area contributed by atoms with E-state index in [1.54, 1.807) is 18.2 Å². The summed E-state index contributed by atoms with van der Waals surface area (Å²) in [5.41, 5.74) is 2.89. The molecule has 0 aromatic heterocycles. The molecular weight excluding hydrogens is 254 g/mol. The lowest BCUT2D eigenvalue weighted by Crippen LogP contribution is -2.40. The number of hydrogen-bond acceptors (Lipinski definition) is 2. The number of hydrogen-bond donors (Lipinski definition) is 2. The van der Waals surface area contributed by atoms with E-state index in [0.29, 0.717) is 12.0 Å². The van der Waals surface area contributed by atoms with Crippen LogP contribution in [-0.4, -0.2) is 23.0 Å². The lowest BCUT2D eigenvalue weighted by atomic mass is 10.0. The summed E-state index contributed by atoms with van der Waals surface area (Å²) in [6.45, 7) is 1.82. The Morgan fingerprint density at radius 3 is 2.90 bits per heavy atom. The highest BCUT2D eigenvalue weighted by Gasteiger charge is 2.23. The van der Waals surface area contributed by atoms with Crippen molar-refractivity contribution in [2.24, 2.45) is 0 Å². The van der Waals surface area contributed by atoms with Gasteiger partial charge in [-0.25, -0.2) is 4.79 Å². The van der Waals surface area contributed by atoms with Gasteiger partial charge in [0, 0.05) is 5.56 Å². The first-order valence-corrected chi connectivity index (χ1v) is 6.89. The summed E-state index contributed by atoms with van der Waals surface area (Å²) in [7, 11) is 0. The largest absolute Gasteiger partial charge is 0.480 e. The van der Waals surface area contributed by atoms with Crippen LogP contribution in [-0.2, 0) is 17.6 Å². The molecule has 0 spiro atoms. The molecular formula is C16H19NO3. The summed E-state index contributed by atoms with van der Waals surface area (Å²) in [6.07, 6.45) is 6.77. The Morgan fingerprint density at radius 1 is 1.40 bits per heavy atom. The van der Waals surface area contributed by atoms with Gasteiger partial charge in [0.1, 0.15) is 6.04 Å². The first kappa shape index (κ1) is 14.3. The third-order valence-electron chi connectivity index (χ3n) is 3.60. The lowest BCUT2D eigenvalue weighted by Gasteiger charge is -2.14. The molecule has 4 nitrogen and oxygen atoms in total. The van der Waals surface area contributed by atoms with Crippen LogP contribution in [0, 0.1) is 0 Å². The molecule has 0 saturated heterocycles. The summed E-state index contributed by atoms with van der Waals surface area (Å²) in [4.78, 5) is 23.4. The van der Waals surface area contributed by atoms with Crippen molar-refractivity contribution < 1.29 is 14.7 Å². The van der Waals surface area contributed by atoms with Gasteiger partial charge in [-0.15, -0.1) is 0 Å². The molecule has 1 aliphatic rings. The molecule has 0 bridgehead atoms. The van der Waals surface area contributed by atoms with Crippen molar-refractivity contribution >= 4 is 11.9 Å². The number of nitrogens with one attached hydrogen (secondary N) is 1. The van der Waals surface area contributed by atoms with Crippen molar-refractivity contribution in [3.05, 3.63) is 47.0 Å². The molecule has 0 radical (unpaired) electrons. The zero-order chi connectivity index (χ0) is 14.5. The summed E-state index contributed by atoms with van der Waals surface area (Å²) in [5, 5.41) is 11.7. The maximum absolute atomic E-state index is 12.3. The van der Waals surface area contributed by atoms with Crippen LogP contribution >= 0.6 is 0 Å². The molecule has 0 saturated carbocycles. The smallest absolute Gasteiger partial charge is 0.326 e. The fourth-order valence-electron chi connectivity index (χ4n) is 2.56. The second-order valence-electron chi connectivity index (χ2n) is 4.97. The van der Waals surface area contributed by atoms with E-state index in [0.717, 1.165) is 24.8 Å². The lowest BCUT2D eigenvalue weighted by molar-refractivity contribution is -0.139. The van der Waals surface area contributed by atoms with E-state index >= 15 is 0 Å². The van der Waals surface area contributed by atoms with Gasteiger partial charge in [0.15, 0.2) is 0 Å². The topological polar surface area (TPSA) is 66.4 Å². The Labute approximate surface area is 118 Å². The number of aryl methyl sites for hydroxylation is 1. The van der Waals surface area contributed by atoms with Crippen LogP contribution in [0.2, 0.25) is 0 Å². The van der Waals surface area contributed by atoms with Crippen molar-refractivity contribution in [2.45, 2.75) is 38.6 Å². The van der Waals surface area contributed by atoms with E-state index in [2.05, 4.69) is 5.32 Å². The normalized spacial score (nSPS) is 15.1. The van der Waals surface area contributed by atoms with Crippen molar-refractivity contribution in [2.75, 3.05) is 0 Å². The number of amides is 1. The molecule has 4 heteroatoms. The third-order valence-corrected chi connectivity index (χ3v) is 3.60. The number of carbonyl (C=O) groups excluding carboxylic acids is 1. The Kier molecular flexibility index (Phi) is 4.56. The number of aliphatic carboxylic acids is 1. The highest BCUT2D eigenvalue weighted by atomic mass is 16.4. The van der Waals surface area contributed by atoms with E-state index in [9.17, 15) is 9.59 Å². The Balaban J connectivity index is 2.15. The van der Waals surface area contributed by atoms with Crippen LogP contribution in [0.3, 0.4) is 0 Å². The average molecular weight is 273 g/mol. The molecule has 0 fully saturated rings. The second kappa shape index (κ2) is 6.37. The molecule has 0 heterocycles. The molecule has 1 unspecified atom stereocenters. The predicted molar refractivity (Wildman–Crippen MR) is 76.8 cm³/mol. The molecule has 2 N–H and O–H groups in total. The highest BCUT2D eigenvalue weighted by molar-refractivity contribution is 5.98. The summed E-state index contributed by atoms with van der Waals surface area (Å²) < 4.78 is 0. The Hall–Kier alpha value is -2.10. The van der Waals surface area contributed by atoms with Crippen molar-refractivity contribution in [1.29, 1.82) is 0 Å². The van der Waals surface area contributed by atoms with Crippen LogP contribution < -0.4 is 5.32 Å². The number of fused-ring (bicyclic) bond motifs is 1. The standard InChI is InChI=1S/C16H19NO3/c1-2-3-10-14(16(19)20)17-15(18)13-9-5-7-11-6-4-8-12(11)13/h2-3,5,7,9,14H,4,6,8,10H2,1H3,(H,17,18)(H,19,20)/b3-2+. The van der Waals surface area contributed by atoms with Crippen molar-refractivity contribution in [1.82, 2.24) is 5.32 Å². The van der Waals surface area contributed by atoms with E-state index < -0.39 is 12.0 Å². The van der Waals surface area contributed by atoms with Gasteiger partial charge in [0.2, 0.25) is 0 Å². The van der Waals surface area contributed by atoms with Crippen molar-refractivity contribution in [3.8, 4) is 0 Å². The highest BCUT2D eigenvalue weighted by Crippen LogP contribution is 2.25. The molecule has 1 atom stereocenters. The minimum absolute atomic E-state index is 0.291. The van der Waals surface area contributed by atoms with E-state index in [-0.39, 0.29) is 5.91 Å². The second-order valence-corrected chi connectivity index (χ2v) is 4.97. The molecule has 2 rings (SSSR count). The molecule has 1 aliphatic carbocycles. The van der Waals surface area contributed by atoms with Gasteiger partial charge in [0.05, 0.1) is 0 Å². The minimum Gasteiger partial charge on any atom is -0.480 e. The number of allylic oxidation sites excluding steroid dienone is 1. The van der Waals surface area contributed by atoms with Gasteiger partial charge >= 0.3 is 5.97 Å². The van der Waals surface area contributed by atoms with Gasteiger partial charge in [-0.05, 0) is 49.8 Å². The Bertz CT molecular complexity index is 549. The minimum atomic E-state index is -1.01. The summed E-state index contributed by atoms with van der Waals surface area (Å²) in [5.74, 6) is -1.30. The average Bonchev–Trinajstić information content (AvgIpc) is 2.90. The maximum Gasteiger partial charge on any atom is 0.326 e. The van der Waals surface area contributed by atoms with Crippen LogP contribution in [0.4, 0.5) is 0 Å². The number of carboxylic acid groups (broad SMARTS) is 1. The van der Waals surface area contributed by atoms with Crippen LogP contribution in [0.15, 0.2) is 30.4 Å². The zero-order valence-corrected chi connectivity index (χ0v) is 11.6. The van der Waals surface area contributed by atoms with Gasteiger partial charge < -0.3 is 10.4 Å². The predicted octanol–water partition coefficient (Wildman–Crippen LogP) is 2.32. The summed E-state index contributed by atoms with van der Waals surface area (Å²) >= 11 is 0. The van der Waals surface area contributed by atoms with Crippen LogP contribution in [0.5, 0.6) is 0 Å². The van der Waals surface area contributed by atoms with Crippen molar-refractivity contribution in [3.63, 3.8) is 0 Å². The monoisotopic (exact) mass is 273 g/mol. The van der Waals surface area contributed by atoms with Crippen LogP contribution in [0.1, 0.15) is 41.3 Å². The van der Waals surface area contributed by atoms with E-state index in [4.69, 9.17) is 5.11 Å². The molecule has 20 heavy (non-hydrogen) atoms.